The highest BCUT2D eigenvalue weighted by Crippen LogP contribution is 2.53. The van der Waals surface area contributed by atoms with Crippen molar-refractivity contribution in [2.75, 3.05) is 18.0 Å². The molecule has 1 saturated heterocycles. The van der Waals surface area contributed by atoms with E-state index in [1.165, 1.54) is 16.8 Å². The molecule has 2 aliphatic carbocycles. The fourth-order valence-electron chi connectivity index (χ4n) is 4.33. The zero-order valence-electron chi connectivity index (χ0n) is 14.5. The van der Waals surface area contributed by atoms with Gasteiger partial charge in [-0.3, -0.25) is 4.79 Å². The molecule has 5 rings (SSSR count). The van der Waals surface area contributed by atoms with E-state index in [1.54, 1.807) is 0 Å². The lowest BCUT2D eigenvalue weighted by Crippen LogP contribution is -2.30. The summed E-state index contributed by atoms with van der Waals surface area (Å²) in [5.41, 5.74) is 5.72. The summed E-state index contributed by atoms with van der Waals surface area (Å²) in [4.78, 5) is 25.8. The molecule has 0 unspecified atom stereocenters. The summed E-state index contributed by atoms with van der Waals surface area (Å²) >= 11 is 0. The van der Waals surface area contributed by atoms with Gasteiger partial charge < -0.3 is 20.3 Å². The van der Waals surface area contributed by atoms with Crippen molar-refractivity contribution >= 4 is 22.6 Å². The zero-order chi connectivity index (χ0) is 19.1. The Morgan fingerprint density at radius 3 is 2.59 bits per heavy atom. The molecule has 8 heteroatoms. The third-order valence-electron chi connectivity index (χ3n) is 6.31. The Morgan fingerprint density at radius 2 is 2.04 bits per heavy atom. The summed E-state index contributed by atoms with van der Waals surface area (Å²) < 4.78 is 30.0. The highest BCUT2D eigenvalue weighted by molar-refractivity contribution is 5.93. The van der Waals surface area contributed by atoms with Crippen LogP contribution in [0.25, 0.3) is 10.9 Å². The predicted octanol–water partition coefficient (Wildman–Crippen LogP) is 2.05. The molecule has 1 spiro atoms. The van der Waals surface area contributed by atoms with Crippen molar-refractivity contribution in [2.45, 2.75) is 37.5 Å². The number of carboxylic acids is 1. The van der Waals surface area contributed by atoms with Gasteiger partial charge >= 0.3 is 5.97 Å². The van der Waals surface area contributed by atoms with Crippen LogP contribution in [0, 0.1) is 11.2 Å². The summed E-state index contributed by atoms with van der Waals surface area (Å²) in [7, 11) is 0. The molecule has 1 aromatic carbocycles. The first-order valence-corrected chi connectivity index (χ1v) is 9.07. The first-order chi connectivity index (χ1) is 12.8. The normalized spacial score (nSPS) is 28.1. The molecule has 3 N–H and O–H groups in total. The van der Waals surface area contributed by atoms with Gasteiger partial charge in [-0.05, 0) is 25.0 Å². The maximum absolute atomic E-state index is 14.9. The number of rotatable bonds is 3. The van der Waals surface area contributed by atoms with Crippen LogP contribution in [0.1, 0.15) is 35.7 Å². The molecule has 0 radical (unpaired) electrons. The number of hydrogen-bond acceptors (Lipinski definition) is 4. The maximum atomic E-state index is 14.9. The summed E-state index contributed by atoms with van der Waals surface area (Å²) in [6, 6.07) is 2.06. The molecular weight excluding hydrogens is 356 g/mol. The lowest BCUT2D eigenvalue weighted by atomic mass is 10.0. The zero-order valence-corrected chi connectivity index (χ0v) is 14.5. The van der Waals surface area contributed by atoms with Crippen molar-refractivity contribution in [3.8, 4) is 0 Å². The molecule has 27 heavy (non-hydrogen) atoms. The number of carboxylic acid groups (broad SMARTS) is 1. The molecular formula is C19H19F2N3O3. The molecule has 2 heterocycles. The Morgan fingerprint density at radius 1 is 1.33 bits per heavy atom. The van der Waals surface area contributed by atoms with Crippen molar-refractivity contribution in [3.63, 3.8) is 0 Å². The third-order valence-corrected chi connectivity index (χ3v) is 6.31. The van der Waals surface area contributed by atoms with Gasteiger partial charge in [0.15, 0.2) is 0 Å². The monoisotopic (exact) mass is 375 g/mol. The second-order valence-electron chi connectivity index (χ2n) is 8.07. The quantitative estimate of drug-likeness (QED) is 0.857. The van der Waals surface area contributed by atoms with Gasteiger partial charge in [0, 0.05) is 42.6 Å². The van der Waals surface area contributed by atoms with Crippen LogP contribution in [0.4, 0.5) is 14.5 Å². The first kappa shape index (κ1) is 16.7. The number of halogens is 2. The van der Waals surface area contributed by atoms with Gasteiger partial charge in [0.25, 0.3) is 0 Å². The van der Waals surface area contributed by atoms with Gasteiger partial charge in [0.05, 0.1) is 17.2 Å². The average Bonchev–Trinajstić information content (AvgIpc) is 3.50. The average molecular weight is 375 g/mol. The van der Waals surface area contributed by atoms with E-state index < -0.39 is 35.0 Å². The Balaban J connectivity index is 1.69. The number of carbonyl (C=O) groups is 1. The van der Waals surface area contributed by atoms with Gasteiger partial charge in [-0.2, -0.15) is 0 Å². The molecule has 0 bridgehead atoms. The molecule has 1 aliphatic heterocycles. The maximum Gasteiger partial charge on any atom is 0.341 e. The highest BCUT2D eigenvalue weighted by atomic mass is 19.1. The summed E-state index contributed by atoms with van der Waals surface area (Å²) in [5, 5.41) is 9.24. The number of anilines is 1. The van der Waals surface area contributed by atoms with E-state index in [4.69, 9.17) is 5.73 Å². The van der Waals surface area contributed by atoms with E-state index in [0.717, 1.165) is 18.9 Å². The van der Waals surface area contributed by atoms with Crippen LogP contribution in [0.15, 0.2) is 23.1 Å². The van der Waals surface area contributed by atoms with Crippen molar-refractivity contribution in [1.82, 2.24) is 4.57 Å². The molecule has 2 saturated carbocycles. The second kappa shape index (κ2) is 5.28. The molecule has 6 nitrogen and oxygen atoms in total. The number of fused-ring (bicyclic) bond motifs is 1. The van der Waals surface area contributed by atoms with Crippen LogP contribution < -0.4 is 16.1 Å². The van der Waals surface area contributed by atoms with E-state index >= 15 is 0 Å². The van der Waals surface area contributed by atoms with Crippen molar-refractivity contribution in [1.29, 1.82) is 0 Å². The van der Waals surface area contributed by atoms with E-state index in [0.29, 0.717) is 24.3 Å². The number of pyridine rings is 1. The van der Waals surface area contributed by atoms with Crippen LogP contribution in [-0.2, 0) is 0 Å². The van der Waals surface area contributed by atoms with E-state index in [2.05, 4.69) is 0 Å². The lowest BCUT2D eigenvalue weighted by Gasteiger charge is -2.21. The van der Waals surface area contributed by atoms with Crippen molar-refractivity contribution in [2.24, 2.45) is 11.1 Å². The Kier molecular flexibility index (Phi) is 3.26. The third kappa shape index (κ3) is 2.39. The summed E-state index contributed by atoms with van der Waals surface area (Å²) in [5.74, 6) is -2.00. The largest absolute Gasteiger partial charge is 0.477 e. The fourth-order valence-corrected chi connectivity index (χ4v) is 4.33. The van der Waals surface area contributed by atoms with Crippen molar-refractivity contribution < 1.29 is 18.7 Å². The molecule has 3 atom stereocenters. The van der Waals surface area contributed by atoms with Crippen LogP contribution in [-0.4, -0.2) is 40.9 Å². The van der Waals surface area contributed by atoms with E-state index in [1.807, 2.05) is 4.90 Å². The van der Waals surface area contributed by atoms with Crippen LogP contribution >= 0.6 is 0 Å². The van der Waals surface area contributed by atoms with Gasteiger partial charge in [-0.1, -0.05) is 0 Å². The minimum Gasteiger partial charge on any atom is -0.477 e. The fraction of sp³-hybridized carbons (Fsp3) is 0.474. The number of aromatic nitrogens is 1. The number of benzene rings is 1. The number of aromatic carboxylic acids is 1. The topological polar surface area (TPSA) is 88.6 Å². The van der Waals surface area contributed by atoms with Gasteiger partial charge in [-0.25, -0.2) is 13.6 Å². The smallest absolute Gasteiger partial charge is 0.341 e. The molecule has 1 aromatic heterocycles. The second-order valence-corrected chi connectivity index (χ2v) is 8.07. The van der Waals surface area contributed by atoms with E-state index in [9.17, 15) is 23.5 Å². The van der Waals surface area contributed by atoms with E-state index in [-0.39, 0.29) is 23.3 Å². The number of nitrogens with two attached hydrogens (primary N) is 1. The van der Waals surface area contributed by atoms with Crippen LogP contribution in [0.3, 0.4) is 0 Å². The minimum atomic E-state index is -1.41. The molecule has 0 amide bonds. The van der Waals surface area contributed by atoms with Gasteiger partial charge in [0.1, 0.15) is 17.6 Å². The van der Waals surface area contributed by atoms with Gasteiger partial charge in [-0.15, -0.1) is 0 Å². The SMILES string of the molecule is N[C@@H]1CN(c2cc3c(cc2F)c(=O)c(C(=O)O)cn3[C@@H]2C[C@@H]2F)CC12CC2. The number of hydrogen-bond donors (Lipinski definition) is 2. The lowest BCUT2D eigenvalue weighted by molar-refractivity contribution is 0.0694. The summed E-state index contributed by atoms with van der Waals surface area (Å²) in [6.45, 7) is 1.18. The van der Waals surface area contributed by atoms with Crippen LogP contribution in [0.5, 0.6) is 0 Å². The predicted molar refractivity (Wildman–Crippen MR) is 95.5 cm³/mol. The molecule has 142 valence electrons. The Bertz CT molecular complexity index is 1050. The first-order valence-electron chi connectivity index (χ1n) is 9.07. The minimum absolute atomic E-state index is 0.0252. The summed E-state index contributed by atoms with van der Waals surface area (Å²) in [6.07, 6.45) is 2.38. The molecule has 2 aromatic rings. The Hall–Kier alpha value is -2.48. The number of nitrogens with zero attached hydrogens (tertiary/aromatic N) is 2. The molecule has 3 fully saturated rings. The van der Waals surface area contributed by atoms with Gasteiger partial charge in [0.2, 0.25) is 5.43 Å². The van der Waals surface area contributed by atoms with Crippen LogP contribution in [0.2, 0.25) is 0 Å². The molecule has 3 aliphatic rings. The Labute approximate surface area is 153 Å². The highest BCUT2D eigenvalue weighted by Gasteiger charge is 2.53. The van der Waals surface area contributed by atoms with Crippen molar-refractivity contribution in [3.05, 3.63) is 39.9 Å². The number of alkyl halides is 1. The standard InChI is InChI=1S/C19H19F2N3O3/c20-11-3-9-13(5-14(11)23-7-16(22)19(8-23)1-2-19)24(15-4-12(15)21)6-10(17(9)25)18(26)27/h3,5-6,12,15-16H,1-2,4,7-8,22H2,(H,26,27)/t12-,15+,16+/m0/s1.